The van der Waals surface area contributed by atoms with E-state index in [-0.39, 0.29) is 17.8 Å². The van der Waals surface area contributed by atoms with E-state index < -0.39 is 11.9 Å². The van der Waals surface area contributed by atoms with Crippen molar-refractivity contribution < 1.29 is 18.0 Å². The first kappa shape index (κ1) is 18.7. The van der Waals surface area contributed by atoms with Crippen LogP contribution in [0.5, 0.6) is 0 Å². The quantitative estimate of drug-likeness (QED) is 0.790. The highest BCUT2D eigenvalue weighted by Gasteiger charge is 2.34. The molecule has 5 nitrogen and oxygen atoms in total. The van der Waals surface area contributed by atoms with Gasteiger partial charge in [-0.3, -0.25) is 4.79 Å². The maximum atomic E-state index is 12.9. The summed E-state index contributed by atoms with van der Waals surface area (Å²) in [5.74, 6) is 0.110. The fraction of sp³-hybridized carbons (Fsp3) is 0.450. The third-order valence-corrected chi connectivity index (χ3v) is 5.50. The van der Waals surface area contributed by atoms with E-state index in [1.54, 1.807) is 4.90 Å². The fourth-order valence-electron chi connectivity index (χ4n) is 3.93. The van der Waals surface area contributed by atoms with Gasteiger partial charge in [0, 0.05) is 38.3 Å². The number of carbonyl (C=O) groups is 1. The van der Waals surface area contributed by atoms with Gasteiger partial charge in [-0.1, -0.05) is 24.3 Å². The summed E-state index contributed by atoms with van der Waals surface area (Å²) >= 11 is 0. The predicted octanol–water partition coefficient (Wildman–Crippen LogP) is 3.30. The molecule has 0 bridgehead atoms. The molecule has 0 radical (unpaired) electrons. The molecule has 1 fully saturated rings. The van der Waals surface area contributed by atoms with Crippen LogP contribution in [-0.4, -0.2) is 40.4 Å². The number of nitrogens with zero attached hydrogens (tertiary/aromatic N) is 4. The molecule has 0 unspecified atom stereocenters. The third-order valence-electron chi connectivity index (χ3n) is 5.50. The van der Waals surface area contributed by atoms with E-state index >= 15 is 0 Å². The summed E-state index contributed by atoms with van der Waals surface area (Å²) in [6.45, 7) is 2.29. The summed E-state index contributed by atoms with van der Waals surface area (Å²) in [6.07, 6.45) is -1.31. The van der Waals surface area contributed by atoms with Crippen molar-refractivity contribution >= 4 is 11.9 Å². The maximum absolute atomic E-state index is 12.9. The molecular weight excluding hydrogens is 369 g/mol. The first-order chi connectivity index (χ1) is 13.4. The minimum absolute atomic E-state index is 0.0765. The van der Waals surface area contributed by atoms with E-state index in [0.29, 0.717) is 39.0 Å². The smallest absolute Gasteiger partial charge is 0.341 e. The van der Waals surface area contributed by atoms with Gasteiger partial charge in [-0.25, -0.2) is 9.97 Å². The number of rotatable bonds is 2. The average molecular weight is 390 g/mol. The molecule has 1 aromatic carbocycles. The lowest BCUT2D eigenvalue weighted by Gasteiger charge is -2.36. The average Bonchev–Trinajstić information content (AvgIpc) is 2.72. The molecule has 0 aliphatic carbocycles. The zero-order valence-corrected chi connectivity index (χ0v) is 15.3. The first-order valence-electron chi connectivity index (χ1n) is 9.42. The largest absolute Gasteiger partial charge is 0.433 e. The summed E-state index contributed by atoms with van der Waals surface area (Å²) in [5.41, 5.74) is 1.54. The van der Waals surface area contributed by atoms with E-state index in [1.165, 1.54) is 11.1 Å². The summed E-state index contributed by atoms with van der Waals surface area (Å²) in [6, 6.07) is 9.03. The van der Waals surface area contributed by atoms with Crippen LogP contribution < -0.4 is 4.90 Å². The van der Waals surface area contributed by atoms with Crippen LogP contribution in [0.1, 0.15) is 29.7 Å². The van der Waals surface area contributed by atoms with Gasteiger partial charge in [0.15, 0.2) is 0 Å². The number of anilines is 1. The Kier molecular flexibility index (Phi) is 4.95. The summed E-state index contributed by atoms with van der Waals surface area (Å²) in [7, 11) is 0. The molecule has 1 amide bonds. The minimum atomic E-state index is -4.49. The van der Waals surface area contributed by atoms with Crippen molar-refractivity contribution in [3.63, 3.8) is 0 Å². The van der Waals surface area contributed by atoms with Crippen molar-refractivity contribution in [1.29, 1.82) is 0 Å². The fourth-order valence-corrected chi connectivity index (χ4v) is 3.93. The Morgan fingerprint density at radius 3 is 2.46 bits per heavy atom. The Balaban J connectivity index is 1.38. The van der Waals surface area contributed by atoms with Gasteiger partial charge in [0.1, 0.15) is 5.69 Å². The summed E-state index contributed by atoms with van der Waals surface area (Å²) in [4.78, 5) is 24.2. The Hall–Kier alpha value is -2.64. The molecule has 3 heterocycles. The van der Waals surface area contributed by atoms with Gasteiger partial charge >= 0.3 is 6.18 Å². The van der Waals surface area contributed by atoms with Crippen LogP contribution in [0.4, 0.5) is 19.1 Å². The molecule has 0 spiro atoms. The zero-order chi connectivity index (χ0) is 19.7. The Labute approximate surface area is 161 Å². The van der Waals surface area contributed by atoms with E-state index in [0.717, 1.165) is 18.7 Å². The number of hydrogen-bond acceptors (Lipinski definition) is 4. The van der Waals surface area contributed by atoms with Gasteiger partial charge in [-0.15, -0.1) is 0 Å². The van der Waals surface area contributed by atoms with Crippen LogP contribution in [0.15, 0.2) is 36.5 Å². The highest BCUT2D eigenvalue weighted by molar-refractivity contribution is 5.79. The molecule has 2 aliphatic rings. The molecular formula is C20H21F3N4O. The lowest BCUT2D eigenvalue weighted by Crippen LogP contribution is -2.44. The van der Waals surface area contributed by atoms with Crippen molar-refractivity contribution in [3.05, 3.63) is 53.3 Å². The van der Waals surface area contributed by atoms with Gasteiger partial charge in [0.2, 0.25) is 11.9 Å². The Morgan fingerprint density at radius 2 is 1.75 bits per heavy atom. The lowest BCUT2D eigenvalue weighted by molar-refractivity contribution is -0.141. The number of hydrogen-bond donors (Lipinski definition) is 0. The van der Waals surface area contributed by atoms with Gasteiger partial charge in [0.25, 0.3) is 0 Å². The van der Waals surface area contributed by atoms with Gasteiger partial charge in [-0.2, -0.15) is 13.2 Å². The summed E-state index contributed by atoms with van der Waals surface area (Å²) < 4.78 is 38.6. The molecule has 0 atom stereocenters. The second-order valence-electron chi connectivity index (χ2n) is 7.28. The highest BCUT2D eigenvalue weighted by Crippen LogP contribution is 2.30. The van der Waals surface area contributed by atoms with Crippen molar-refractivity contribution in [1.82, 2.24) is 14.9 Å². The summed E-state index contributed by atoms with van der Waals surface area (Å²) in [5, 5.41) is 0. The molecule has 148 valence electrons. The Bertz CT molecular complexity index is 863. The lowest BCUT2D eigenvalue weighted by atomic mass is 9.93. The van der Waals surface area contributed by atoms with Crippen LogP contribution in [0.25, 0.3) is 0 Å². The zero-order valence-electron chi connectivity index (χ0n) is 15.3. The van der Waals surface area contributed by atoms with Gasteiger partial charge in [-0.05, 0) is 36.5 Å². The number of aromatic nitrogens is 2. The van der Waals surface area contributed by atoms with Crippen LogP contribution in [0, 0.1) is 5.92 Å². The minimum Gasteiger partial charge on any atom is -0.341 e. The van der Waals surface area contributed by atoms with Gasteiger partial charge < -0.3 is 9.80 Å². The third kappa shape index (κ3) is 3.81. The van der Waals surface area contributed by atoms with E-state index in [4.69, 9.17) is 0 Å². The molecule has 2 aromatic rings. The highest BCUT2D eigenvalue weighted by atomic mass is 19.4. The molecule has 1 aromatic heterocycles. The van der Waals surface area contributed by atoms with E-state index in [1.807, 2.05) is 17.0 Å². The maximum Gasteiger partial charge on any atom is 0.433 e. The Morgan fingerprint density at radius 1 is 1.04 bits per heavy atom. The number of halogens is 3. The number of alkyl halides is 3. The molecule has 1 saturated heterocycles. The number of amides is 1. The monoisotopic (exact) mass is 390 g/mol. The van der Waals surface area contributed by atoms with Crippen LogP contribution >= 0.6 is 0 Å². The predicted molar refractivity (Wildman–Crippen MR) is 97.5 cm³/mol. The topological polar surface area (TPSA) is 49.3 Å². The van der Waals surface area contributed by atoms with Gasteiger partial charge in [0.05, 0.1) is 0 Å². The molecule has 8 heteroatoms. The molecule has 28 heavy (non-hydrogen) atoms. The second kappa shape index (κ2) is 7.41. The van der Waals surface area contributed by atoms with Crippen molar-refractivity contribution in [3.8, 4) is 0 Å². The van der Waals surface area contributed by atoms with Crippen LogP contribution in [0.2, 0.25) is 0 Å². The van der Waals surface area contributed by atoms with Crippen LogP contribution in [-0.2, 0) is 23.9 Å². The van der Waals surface area contributed by atoms with Crippen molar-refractivity contribution in [2.75, 3.05) is 24.5 Å². The standard InChI is InChI=1S/C20H21F3N4O/c21-20(22,23)17-5-9-24-19(25-17)26-10-7-15(8-11-26)18(28)27-12-6-14-3-1-2-4-16(14)13-27/h1-5,9,15H,6-8,10-13H2. The first-order valence-corrected chi connectivity index (χ1v) is 9.42. The molecule has 0 N–H and O–H groups in total. The number of fused-ring (bicyclic) bond motifs is 1. The number of carbonyl (C=O) groups excluding carboxylic acids is 1. The van der Waals surface area contributed by atoms with Crippen LogP contribution in [0.3, 0.4) is 0 Å². The normalized spacial score (nSPS) is 18.1. The SMILES string of the molecule is O=C(C1CCN(c2nccc(C(F)(F)F)n2)CC1)N1CCc2ccccc2C1. The molecule has 4 rings (SSSR count). The number of benzene rings is 1. The molecule has 2 aliphatic heterocycles. The second-order valence-corrected chi connectivity index (χ2v) is 7.28. The van der Waals surface area contributed by atoms with E-state index in [2.05, 4.69) is 22.1 Å². The molecule has 0 saturated carbocycles. The number of piperidine rings is 1. The van der Waals surface area contributed by atoms with Crippen molar-refractivity contribution in [2.45, 2.75) is 32.0 Å². The van der Waals surface area contributed by atoms with Crippen molar-refractivity contribution in [2.24, 2.45) is 5.92 Å². The van der Waals surface area contributed by atoms with E-state index in [9.17, 15) is 18.0 Å².